The molecule has 6 heteroatoms. The average molecular weight is 413 g/mol. The Bertz CT molecular complexity index is 962. The van der Waals surface area contributed by atoms with Crippen molar-refractivity contribution in [2.24, 2.45) is 0 Å². The average Bonchev–Trinajstić information content (AvgIpc) is 3.35. The van der Waals surface area contributed by atoms with Crippen LogP contribution < -0.4 is 4.90 Å². The van der Waals surface area contributed by atoms with Crippen molar-refractivity contribution in [2.45, 2.75) is 37.7 Å². The minimum absolute atomic E-state index is 0.0145. The van der Waals surface area contributed by atoms with Crippen molar-refractivity contribution in [3.63, 3.8) is 0 Å². The van der Waals surface area contributed by atoms with E-state index in [1.165, 1.54) is 10.5 Å². The topological polar surface area (TPSA) is 42.4 Å². The van der Waals surface area contributed by atoms with Crippen LogP contribution in [0.5, 0.6) is 0 Å². The summed E-state index contributed by atoms with van der Waals surface area (Å²) in [6.45, 7) is 5.52. The summed E-state index contributed by atoms with van der Waals surface area (Å²) in [5.41, 5.74) is 2.82. The predicted octanol–water partition coefficient (Wildman–Crippen LogP) is 5.54. The van der Waals surface area contributed by atoms with Crippen LogP contribution in [-0.4, -0.2) is 35.9 Å². The van der Waals surface area contributed by atoms with Crippen molar-refractivity contribution in [3.05, 3.63) is 53.6 Å². The number of aromatic nitrogens is 1. The third-order valence-corrected chi connectivity index (χ3v) is 6.77. The molecule has 1 aliphatic rings. The third-order valence-electron chi connectivity index (χ3n) is 4.83. The maximum absolute atomic E-state index is 13.4. The Morgan fingerprint density at radius 1 is 1.29 bits per heavy atom. The Kier molecular flexibility index (Phi) is 5.99. The summed E-state index contributed by atoms with van der Waals surface area (Å²) < 4.78 is 6.92. The Balaban J connectivity index is 1.66. The fourth-order valence-corrected chi connectivity index (χ4v) is 5.12. The van der Waals surface area contributed by atoms with Gasteiger partial charge in [-0.3, -0.25) is 9.69 Å². The Morgan fingerprint density at radius 3 is 2.82 bits per heavy atom. The van der Waals surface area contributed by atoms with E-state index in [2.05, 4.69) is 26.0 Å². The molecule has 28 heavy (non-hydrogen) atoms. The van der Waals surface area contributed by atoms with Gasteiger partial charge in [0, 0.05) is 17.1 Å². The minimum atomic E-state index is -0.0145. The zero-order valence-corrected chi connectivity index (χ0v) is 17.8. The highest BCUT2D eigenvalue weighted by Gasteiger charge is 2.27. The molecule has 4 rings (SSSR count). The monoisotopic (exact) mass is 412 g/mol. The van der Waals surface area contributed by atoms with E-state index >= 15 is 0 Å². The number of benzene rings is 2. The highest BCUT2D eigenvalue weighted by atomic mass is 32.2. The summed E-state index contributed by atoms with van der Waals surface area (Å²) in [7, 11) is 0. The Morgan fingerprint density at radius 2 is 2.11 bits per heavy atom. The molecule has 146 valence electrons. The van der Waals surface area contributed by atoms with Crippen molar-refractivity contribution in [1.82, 2.24) is 4.98 Å². The number of amides is 1. The van der Waals surface area contributed by atoms with Crippen LogP contribution >= 0.6 is 23.1 Å². The number of fused-ring (bicyclic) bond motifs is 1. The lowest BCUT2D eigenvalue weighted by molar-refractivity contribution is 0.0917. The molecule has 1 aromatic heterocycles. The number of ether oxygens (including phenoxy) is 1. The van der Waals surface area contributed by atoms with Crippen molar-refractivity contribution in [2.75, 3.05) is 23.8 Å². The van der Waals surface area contributed by atoms with Gasteiger partial charge in [-0.05, 0) is 67.5 Å². The number of thiazole rings is 1. The highest BCUT2D eigenvalue weighted by molar-refractivity contribution is 7.99. The van der Waals surface area contributed by atoms with Crippen LogP contribution in [0.1, 0.15) is 35.7 Å². The number of rotatable bonds is 6. The molecule has 3 aromatic rings. The lowest BCUT2D eigenvalue weighted by atomic mass is 10.2. The number of hydrogen-bond donors (Lipinski definition) is 0. The van der Waals surface area contributed by atoms with Gasteiger partial charge < -0.3 is 4.74 Å². The molecule has 1 amide bonds. The highest BCUT2D eigenvalue weighted by Crippen LogP contribution is 2.31. The molecule has 2 aromatic carbocycles. The third kappa shape index (κ3) is 4.24. The molecule has 0 N–H and O–H groups in total. The van der Waals surface area contributed by atoms with Gasteiger partial charge in [0.2, 0.25) is 0 Å². The van der Waals surface area contributed by atoms with E-state index in [-0.39, 0.29) is 12.0 Å². The van der Waals surface area contributed by atoms with E-state index in [4.69, 9.17) is 9.72 Å². The fourth-order valence-electron chi connectivity index (χ4n) is 3.39. The van der Waals surface area contributed by atoms with E-state index in [0.29, 0.717) is 12.1 Å². The first-order chi connectivity index (χ1) is 13.6. The van der Waals surface area contributed by atoms with Gasteiger partial charge in [0.05, 0.1) is 22.9 Å². The molecule has 2 heterocycles. The lowest BCUT2D eigenvalue weighted by Crippen LogP contribution is -2.37. The van der Waals surface area contributed by atoms with Crippen LogP contribution in [0.15, 0.2) is 47.4 Å². The molecular weight excluding hydrogens is 388 g/mol. The van der Waals surface area contributed by atoms with Crippen molar-refractivity contribution in [3.8, 4) is 0 Å². The van der Waals surface area contributed by atoms with Crippen LogP contribution in [-0.2, 0) is 4.74 Å². The first-order valence-electron chi connectivity index (χ1n) is 9.67. The van der Waals surface area contributed by atoms with Gasteiger partial charge in [0.25, 0.3) is 5.91 Å². The zero-order valence-electron chi connectivity index (χ0n) is 16.2. The van der Waals surface area contributed by atoms with Crippen LogP contribution in [0.4, 0.5) is 5.13 Å². The van der Waals surface area contributed by atoms with Gasteiger partial charge in [-0.25, -0.2) is 4.98 Å². The number of anilines is 1. The number of thioether (sulfide) groups is 1. The number of hydrogen-bond acceptors (Lipinski definition) is 5. The maximum Gasteiger partial charge on any atom is 0.260 e. The normalized spacial score (nSPS) is 16.6. The number of nitrogens with zero attached hydrogens (tertiary/aromatic N) is 2. The van der Waals surface area contributed by atoms with E-state index in [9.17, 15) is 4.79 Å². The first-order valence-corrected chi connectivity index (χ1v) is 11.5. The second-order valence-corrected chi connectivity index (χ2v) is 9.32. The number of carbonyl (C=O) groups excluding carboxylic acids is 1. The van der Waals surface area contributed by atoms with Crippen molar-refractivity contribution < 1.29 is 9.53 Å². The zero-order chi connectivity index (χ0) is 19.5. The fraction of sp³-hybridized carbons (Fsp3) is 0.364. The molecule has 0 bridgehead atoms. The molecule has 0 spiro atoms. The summed E-state index contributed by atoms with van der Waals surface area (Å²) in [6.07, 6.45) is 2.11. The molecule has 0 aliphatic carbocycles. The molecule has 1 saturated heterocycles. The van der Waals surface area contributed by atoms with Crippen LogP contribution in [0, 0.1) is 6.92 Å². The van der Waals surface area contributed by atoms with E-state index in [0.717, 1.165) is 40.5 Å². The summed E-state index contributed by atoms with van der Waals surface area (Å²) in [5.74, 6) is 1.00. The van der Waals surface area contributed by atoms with Gasteiger partial charge in [-0.2, -0.15) is 0 Å². The quantitative estimate of drug-likeness (QED) is 0.498. The number of aryl methyl sites for hydroxylation is 1. The first kappa shape index (κ1) is 19.4. The summed E-state index contributed by atoms with van der Waals surface area (Å²) in [4.78, 5) is 21.1. The number of carbonyl (C=O) groups is 1. The molecule has 0 radical (unpaired) electrons. The standard InChI is InChI=1S/C22H24N2O2S2/c1-3-27-18-9-7-16(8-10-18)21(25)24(14-17-5-4-12-26-17)22-23-19-11-6-15(2)13-20(19)28-22/h6-11,13,17H,3-5,12,14H2,1-2H3. The van der Waals surface area contributed by atoms with Crippen LogP contribution in [0.25, 0.3) is 10.2 Å². The van der Waals surface area contributed by atoms with Gasteiger partial charge in [-0.15, -0.1) is 11.8 Å². The molecule has 4 nitrogen and oxygen atoms in total. The van der Waals surface area contributed by atoms with Crippen molar-refractivity contribution in [1.29, 1.82) is 0 Å². The largest absolute Gasteiger partial charge is 0.376 e. The van der Waals surface area contributed by atoms with Crippen LogP contribution in [0.2, 0.25) is 0 Å². The second-order valence-electron chi connectivity index (χ2n) is 6.98. The van der Waals surface area contributed by atoms with Gasteiger partial charge in [0.1, 0.15) is 0 Å². The van der Waals surface area contributed by atoms with Crippen LogP contribution in [0.3, 0.4) is 0 Å². The van der Waals surface area contributed by atoms with E-state index in [1.807, 2.05) is 30.3 Å². The van der Waals surface area contributed by atoms with Gasteiger partial charge in [0.15, 0.2) is 5.13 Å². The molecule has 1 fully saturated rings. The summed E-state index contributed by atoms with van der Waals surface area (Å²) in [6, 6.07) is 14.1. The lowest BCUT2D eigenvalue weighted by Gasteiger charge is -2.23. The molecule has 1 unspecified atom stereocenters. The maximum atomic E-state index is 13.4. The van der Waals surface area contributed by atoms with E-state index in [1.54, 1.807) is 28.0 Å². The Hall–Kier alpha value is -1.89. The van der Waals surface area contributed by atoms with E-state index < -0.39 is 0 Å². The predicted molar refractivity (Wildman–Crippen MR) is 118 cm³/mol. The second kappa shape index (κ2) is 8.64. The van der Waals surface area contributed by atoms with Gasteiger partial charge in [-0.1, -0.05) is 24.3 Å². The van der Waals surface area contributed by atoms with Gasteiger partial charge >= 0.3 is 0 Å². The summed E-state index contributed by atoms with van der Waals surface area (Å²) >= 11 is 3.35. The molecular formula is C22H24N2O2S2. The SMILES string of the molecule is CCSc1ccc(C(=O)N(CC2CCCO2)c2nc3ccc(C)cc3s2)cc1. The molecule has 1 atom stereocenters. The molecule has 1 aliphatic heterocycles. The van der Waals surface area contributed by atoms with Crippen molar-refractivity contribution >= 4 is 44.4 Å². The summed E-state index contributed by atoms with van der Waals surface area (Å²) in [5, 5.41) is 0.744. The smallest absolute Gasteiger partial charge is 0.260 e. The minimum Gasteiger partial charge on any atom is -0.376 e. The Labute approximate surface area is 173 Å². The molecule has 0 saturated carbocycles.